The number of anilines is 2. The van der Waals surface area contributed by atoms with Crippen LogP contribution in [0.3, 0.4) is 0 Å². The van der Waals surface area contributed by atoms with Gasteiger partial charge < -0.3 is 14.8 Å². The summed E-state index contributed by atoms with van der Waals surface area (Å²) in [5.74, 6) is -0.0425. The second-order valence-electron chi connectivity index (χ2n) is 5.47. The van der Waals surface area contributed by atoms with E-state index in [-0.39, 0.29) is 17.1 Å². The molecule has 1 atom stereocenters. The lowest BCUT2D eigenvalue weighted by molar-refractivity contribution is 0.134. The van der Waals surface area contributed by atoms with Crippen molar-refractivity contribution in [3.63, 3.8) is 0 Å². The molecule has 0 amide bonds. The van der Waals surface area contributed by atoms with Crippen LogP contribution >= 0.6 is 11.6 Å². The monoisotopic (exact) mass is 361 g/mol. The zero-order valence-corrected chi connectivity index (χ0v) is 13.7. The van der Waals surface area contributed by atoms with Crippen LogP contribution in [-0.4, -0.2) is 39.3 Å². The lowest BCUT2D eigenvalue weighted by Crippen LogP contribution is -2.17. The molecule has 4 rings (SSSR count). The highest BCUT2D eigenvalue weighted by molar-refractivity contribution is 6.31. The highest BCUT2D eigenvalue weighted by atomic mass is 35.5. The number of benzene rings is 1. The molecular formula is C16H13ClFN5O2. The second-order valence-corrected chi connectivity index (χ2v) is 5.87. The van der Waals surface area contributed by atoms with Crippen molar-refractivity contribution < 1.29 is 13.9 Å². The van der Waals surface area contributed by atoms with Gasteiger partial charge in [0.05, 0.1) is 24.4 Å². The van der Waals surface area contributed by atoms with Crippen LogP contribution in [0.5, 0.6) is 6.01 Å². The minimum atomic E-state index is -0.489. The van der Waals surface area contributed by atoms with Gasteiger partial charge in [0.25, 0.3) is 0 Å². The summed E-state index contributed by atoms with van der Waals surface area (Å²) in [6.07, 6.45) is 3.70. The van der Waals surface area contributed by atoms with Crippen LogP contribution < -0.4 is 10.1 Å². The Balaban J connectivity index is 1.66. The number of fused-ring (bicyclic) bond motifs is 1. The molecule has 0 bridgehead atoms. The van der Waals surface area contributed by atoms with Gasteiger partial charge >= 0.3 is 6.01 Å². The third kappa shape index (κ3) is 3.45. The van der Waals surface area contributed by atoms with Crippen molar-refractivity contribution in [3.05, 3.63) is 41.6 Å². The Hall–Kier alpha value is -2.58. The number of nitrogens with zero attached hydrogens (tertiary/aromatic N) is 4. The van der Waals surface area contributed by atoms with E-state index in [1.807, 2.05) is 0 Å². The van der Waals surface area contributed by atoms with Crippen LogP contribution in [0.1, 0.15) is 6.42 Å². The van der Waals surface area contributed by atoms with Gasteiger partial charge in [0.2, 0.25) is 0 Å². The number of hydrogen-bond acceptors (Lipinski definition) is 7. The van der Waals surface area contributed by atoms with E-state index in [1.54, 1.807) is 12.3 Å². The van der Waals surface area contributed by atoms with E-state index in [0.717, 1.165) is 6.42 Å². The second kappa shape index (κ2) is 6.73. The van der Waals surface area contributed by atoms with Gasteiger partial charge in [0.15, 0.2) is 5.82 Å². The highest BCUT2D eigenvalue weighted by Gasteiger charge is 2.19. The normalized spacial score (nSPS) is 17.0. The Bertz CT molecular complexity index is 920. The standard InChI is InChI=1S/C16H13ClFN5O2/c17-11-5-9(1-2-12(11)18)22-15-14-13(20-8-21-15)6-19-16(23-14)25-10-3-4-24-7-10/h1-2,5-6,8,10H,3-4,7H2,(H,20,21,22). The molecule has 0 saturated carbocycles. The fraction of sp³-hybridized carbons (Fsp3) is 0.250. The first kappa shape index (κ1) is 15.9. The van der Waals surface area contributed by atoms with Crippen molar-refractivity contribution in [2.45, 2.75) is 12.5 Å². The summed E-state index contributed by atoms with van der Waals surface area (Å²) in [7, 11) is 0. The third-order valence-electron chi connectivity index (χ3n) is 3.70. The molecule has 0 radical (unpaired) electrons. The summed E-state index contributed by atoms with van der Waals surface area (Å²) in [6, 6.07) is 4.54. The van der Waals surface area contributed by atoms with E-state index in [9.17, 15) is 4.39 Å². The molecule has 1 aromatic carbocycles. The molecule has 9 heteroatoms. The lowest BCUT2D eigenvalue weighted by atomic mass is 10.3. The summed E-state index contributed by atoms with van der Waals surface area (Å²) in [6.45, 7) is 1.19. The van der Waals surface area contributed by atoms with Crippen LogP contribution in [0.25, 0.3) is 11.0 Å². The Morgan fingerprint density at radius 2 is 2.20 bits per heavy atom. The molecule has 3 heterocycles. The number of ether oxygens (including phenoxy) is 2. The SMILES string of the molecule is Fc1ccc(Nc2ncnc3cnc(OC4CCOC4)nc23)cc1Cl. The number of hydrogen-bond donors (Lipinski definition) is 1. The van der Waals surface area contributed by atoms with E-state index in [0.29, 0.717) is 35.8 Å². The quantitative estimate of drug-likeness (QED) is 0.764. The van der Waals surface area contributed by atoms with Gasteiger partial charge in [-0.25, -0.2) is 19.3 Å². The summed E-state index contributed by atoms with van der Waals surface area (Å²) >= 11 is 5.81. The fourth-order valence-electron chi connectivity index (χ4n) is 2.45. The number of halogens is 2. The van der Waals surface area contributed by atoms with Gasteiger partial charge in [-0.2, -0.15) is 4.98 Å². The van der Waals surface area contributed by atoms with Crippen molar-refractivity contribution >= 4 is 34.1 Å². The first-order chi connectivity index (χ1) is 12.2. The molecule has 1 aliphatic rings. The van der Waals surface area contributed by atoms with E-state index in [1.165, 1.54) is 18.5 Å². The molecule has 1 saturated heterocycles. The summed E-state index contributed by atoms with van der Waals surface area (Å²) < 4.78 is 24.3. The molecule has 2 aromatic heterocycles. The van der Waals surface area contributed by atoms with Crippen molar-refractivity contribution in [2.75, 3.05) is 18.5 Å². The predicted octanol–water partition coefficient (Wildman–Crippen LogP) is 3.12. The number of nitrogens with one attached hydrogen (secondary N) is 1. The molecular weight excluding hydrogens is 349 g/mol. The molecule has 1 unspecified atom stereocenters. The molecule has 0 aliphatic carbocycles. The summed E-state index contributed by atoms with van der Waals surface area (Å²) in [5.41, 5.74) is 1.63. The summed E-state index contributed by atoms with van der Waals surface area (Å²) in [5, 5.41) is 3.08. The average molecular weight is 362 g/mol. The van der Waals surface area contributed by atoms with E-state index in [2.05, 4.69) is 25.3 Å². The lowest BCUT2D eigenvalue weighted by Gasteiger charge is -2.11. The van der Waals surface area contributed by atoms with Gasteiger partial charge in [0, 0.05) is 12.1 Å². The van der Waals surface area contributed by atoms with Crippen molar-refractivity contribution in [1.82, 2.24) is 19.9 Å². The largest absolute Gasteiger partial charge is 0.458 e. The first-order valence-corrected chi connectivity index (χ1v) is 8.01. The molecule has 0 spiro atoms. The minimum Gasteiger partial charge on any atom is -0.458 e. The Kier molecular flexibility index (Phi) is 4.29. The van der Waals surface area contributed by atoms with Crippen molar-refractivity contribution in [3.8, 4) is 6.01 Å². The number of aromatic nitrogens is 4. The molecule has 128 valence electrons. The van der Waals surface area contributed by atoms with Crippen LogP contribution in [-0.2, 0) is 4.74 Å². The van der Waals surface area contributed by atoms with Crippen LogP contribution in [0.4, 0.5) is 15.9 Å². The van der Waals surface area contributed by atoms with E-state index < -0.39 is 5.82 Å². The molecule has 3 aromatic rings. The van der Waals surface area contributed by atoms with Gasteiger partial charge in [-0.15, -0.1) is 0 Å². The van der Waals surface area contributed by atoms with Gasteiger partial charge in [-0.3, -0.25) is 0 Å². The van der Waals surface area contributed by atoms with Gasteiger partial charge in [-0.1, -0.05) is 11.6 Å². The molecule has 1 N–H and O–H groups in total. The van der Waals surface area contributed by atoms with Crippen LogP contribution in [0.15, 0.2) is 30.7 Å². The van der Waals surface area contributed by atoms with Crippen molar-refractivity contribution in [1.29, 1.82) is 0 Å². The maximum Gasteiger partial charge on any atom is 0.317 e. The maximum absolute atomic E-state index is 13.3. The van der Waals surface area contributed by atoms with E-state index >= 15 is 0 Å². The van der Waals surface area contributed by atoms with Crippen LogP contribution in [0, 0.1) is 5.82 Å². The van der Waals surface area contributed by atoms with Gasteiger partial charge in [-0.05, 0) is 18.2 Å². The van der Waals surface area contributed by atoms with Crippen LogP contribution in [0.2, 0.25) is 5.02 Å². The molecule has 25 heavy (non-hydrogen) atoms. The molecule has 1 aliphatic heterocycles. The summed E-state index contributed by atoms with van der Waals surface area (Å²) in [4.78, 5) is 16.9. The third-order valence-corrected chi connectivity index (χ3v) is 3.99. The highest BCUT2D eigenvalue weighted by Crippen LogP contribution is 2.25. The predicted molar refractivity (Wildman–Crippen MR) is 89.7 cm³/mol. The average Bonchev–Trinajstić information content (AvgIpc) is 3.12. The Morgan fingerprint density at radius 1 is 1.28 bits per heavy atom. The van der Waals surface area contributed by atoms with Crippen molar-refractivity contribution in [2.24, 2.45) is 0 Å². The smallest absolute Gasteiger partial charge is 0.317 e. The molecule has 1 fully saturated rings. The zero-order valence-electron chi connectivity index (χ0n) is 12.9. The van der Waals surface area contributed by atoms with E-state index in [4.69, 9.17) is 21.1 Å². The number of rotatable bonds is 4. The Morgan fingerprint density at radius 3 is 3.00 bits per heavy atom. The Labute approximate surface area is 147 Å². The minimum absolute atomic E-state index is 0.0169. The van der Waals surface area contributed by atoms with Gasteiger partial charge in [0.1, 0.15) is 29.3 Å². The maximum atomic E-state index is 13.3. The first-order valence-electron chi connectivity index (χ1n) is 7.63. The molecule has 7 nitrogen and oxygen atoms in total. The fourth-order valence-corrected chi connectivity index (χ4v) is 2.63. The topological polar surface area (TPSA) is 82.1 Å². The zero-order chi connectivity index (χ0) is 17.2.